The quantitative estimate of drug-likeness (QED) is 0.706. The first kappa shape index (κ1) is 13.1. The highest BCUT2D eigenvalue weighted by atomic mass is 19.1. The molecule has 2 aromatic carbocycles. The Morgan fingerprint density at radius 3 is 2.81 bits per heavy atom. The second-order valence-corrected chi connectivity index (χ2v) is 4.61. The molecule has 6 heteroatoms. The molecule has 0 saturated carbocycles. The van der Waals surface area contributed by atoms with E-state index in [1.165, 1.54) is 12.1 Å². The van der Waals surface area contributed by atoms with Crippen LogP contribution in [0.5, 0.6) is 5.75 Å². The molecule has 0 unspecified atom stereocenters. The maximum absolute atomic E-state index is 13.4. The molecule has 5 nitrogen and oxygen atoms in total. The van der Waals surface area contributed by atoms with Crippen LogP contribution in [-0.2, 0) is 0 Å². The first-order valence-corrected chi connectivity index (χ1v) is 6.24. The molecule has 0 saturated heterocycles. The number of nitrogens with two attached hydrogens (primary N) is 1. The van der Waals surface area contributed by atoms with Crippen LogP contribution in [-0.4, -0.2) is 15.2 Å². The van der Waals surface area contributed by atoms with E-state index in [-0.39, 0.29) is 5.82 Å². The molecule has 3 aromatic rings. The van der Waals surface area contributed by atoms with E-state index in [4.69, 9.17) is 10.3 Å². The number of hydrogen-bond donors (Lipinski definition) is 2. The lowest BCUT2D eigenvalue weighted by Crippen LogP contribution is -1.92. The van der Waals surface area contributed by atoms with Crippen LogP contribution in [0.4, 0.5) is 10.1 Å². The third-order valence-corrected chi connectivity index (χ3v) is 3.24. The zero-order chi connectivity index (χ0) is 15.0. The van der Waals surface area contributed by atoms with Crippen LogP contribution in [0, 0.1) is 12.7 Å². The molecule has 3 rings (SSSR count). The molecule has 0 aliphatic carbocycles. The number of benzene rings is 2. The summed E-state index contributed by atoms with van der Waals surface area (Å²) in [5.74, 6) is -0.609. The van der Waals surface area contributed by atoms with Crippen LogP contribution < -0.4 is 5.73 Å². The fraction of sp³-hybridized carbons (Fsp3) is 0.0667. The lowest BCUT2D eigenvalue weighted by Gasteiger charge is -2.03. The van der Waals surface area contributed by atoms with Crippen molar-refractivity contribution < 1.29 is 14.0 Å². The number of halogens is 1. The Hall–Kier alpha value is -2.89. The number of anilines is 1. The SMILES string of the molecule is Cc1c(N)cccc1-c1nc(-c2ccc(O)c(F)c2)no1. The van der Waals surface area contributed by atoms with Crippen LogP contribution in [0.2, 0.25) is 0 Å². The maximum Gasteiger partial charge on any atom is 0.258 e. The number of nitrogen functional groups attached to an aromatic ring is 1. The molecule has 3 N–H and O–H groups in total. The number of nitrogens with zero attached hydrogens (tertiary/aromatic N) is 2. The van der Waals surface area contributed by atoms with Gasteiger partial charge in [0.05, 0.1) is 0 Å². The Bertz CT molecular complexity index is 814. The van der Waals surface area contributed by atoms with Crippen LogP contribution in [0.3, 0.4) is 0 Å². The molecule has 1 aromatic heterocycles. The number of hydrogen-bond acceptors (Lipinski definition) is 5. The van der Waals surface area contributed by atoms with Gasteiger partial charge in [-0.05, 0) is 42.8 Å². The fourth-order valence-corrected chi connectivity index (χ4v) is 1.98. The van der Waals surface area contributed by atoms with Gasteiger partial charge in [0.15, 0.2) is 11.6 Å². The van der Waals surface area contributed by atoms with Crippen molar-refractivity contribution in [1.82, 2.24) is 10.1 Å². The van der Waals surface area contributed by atoms with E-state index < -0.39 is 11.6 Å². The molecule has 0 atom stereocenters. The highest BCUT2D eigenvalue weighted by Gasteiger charge is 2.14. The monoisotopic (exact) mass is 285 g/mol. The van der Waals surface area contributed by atoms with Crippen molar-refractivity contribution in [1.29, 1.82) is 0 Å². The second-order valence-electron chi connectivity index (χ2n) is 4.61. The standard InChI is InChI=1S/C15H12FN3O2/c1-8-10(3-2-4-12(8)17)15-18-14(19-21-15)9-5-6-13(20)11(16)7-9/h2-7,20H,17H2,1H3. The Morgan fingerprint density at radius 2 is 2.05 bits per heavy atom. The summed E-state index contributed by atoms with van der Waals surface area (Å²) in [7, 11) is 0. The minimum absolute atomic E-state index is 0.241. The molecule has 1 heterocycles. The molecule has 0 spiro atoms. The maximum atomic E-state index is 13.4. The van der Waals surface area contributed by atoms with Crippen LogP contribution >= 0.6 is 0 Å². The molecular formula is C15H12FN3O2. The minimum atomic E-state index is -0.737. The van der Waals surface area contributed by atoms with E-state index in [1.807, 2.05) is 13.0 Å². The zero-order valence-electron chi connectivity index (χ0n) is 11.2. The second kappa shape index (κ2) is 4.90. The van der Waals surface area contributed by atoms with Gasteiger partial charge < -0.3 is 15.4 Å². The highest BCUT2D eigenvalue weighted by Crippen LogP contribution is 2.28. The molecule has 0 aliphatic heterocycles. The minimum Gasteiger partial charge on any atom is -0.505 e. The Labute approximate surface area is 119 Å². The molecule has 0 aliphatic rings. The summed E-state index contributed by atoms with van der Waals surface area (Å²) in [6.07, 6.45) is 0. The van der Waals surface area contributed by atoms with Gasteiger partial charge in [-0.1, -0.05) is 11.2 Å². The smallest absolute Gasteiger partial charge is 0.258 e. The van der Waals surface area contributed by atoms with Gasteiger partial charge in [-0.3, -0.25) is 0 Å². The Morgan fingerprint density at radius 1 is 1.24 bits per heavy atom. The lowest BCUT2D eigenvalue weighted by molar-refractivity contribution is 0.429. The van der Waals surface area contributed by atoms with E-state index in [2.05, 4.69) is 10.1 Å². The number of aromatic nitrogens is 2. The summed E-state index contributed by atoms with van der Waals surface area (Å²) in [5, 5.41) is 13.0. The van der Waals surface area contributed by atoms with Gasteiger partial charge in [0.2, 0.25) is 5.82 Å². The summed E-state index contributed by atoms with van der Waals surface area (Å²) in [6.45, 7) is 1.86. The Balaban J connectivity index is 2.03. The predicted molar refractivity (Wildman–Crippen MR) is 75.9 cm³/mol. The van der Waals surface area contributed by atoms with Crippen LogP contribution in [0.15, 0.2) is 40.9 Å². The average molecular weight is 285 g/mol. The molecule has 0 amide bonds. The van der Waals surface area contributed by atoms with E-state index in [0.29, 0.717) is 17.1 Å². The topological polar surface area (TPSA) is 85.2 Å². The number of phenolic OH excluding ortho intramolecular Hbond substituents is 1. The molecular weight excluding hydrogens is 273 g/mol. The van der Waals surface area contributed by atoms with Gasteiger partial charge in [0, 0.05) is 16.8 Å². The fourth-order valence-electron chi connectivity index (χ4n) is 1.98. The largest absolute Gasteiger partial charge is 0.505 e. The van der Waals surface area contributed by atoms with Crippen molar-refractivity contribution in [3.63, 3.8) is 0 Å². The summed E-state index contributed by atoms with van der Waals surface area (Å²) in [5.41, 5.74) is 8.46. The van der Waals surface area contributed by atoms with Gasteiger partial charge in [0.25, 0.3) is 5.89 Å². The molecule has 21 heavy (non-hydrogen) atoms. The van der Waals surface area contributed by atoms with Gasteiger partial charge in [-0.15, -0.1) is 0 Å². The number of rotatable bonds is 2. The van der Waals surface area contributed by atoms with Crippen molar-refractivity contribution in [2.75, 3.05) is 5.73 Å². The van der Waals surface area contributed by atoms with Crippen molar-refractivity contribution in [3.8, 4) is 28.6 Å². The first-order valence-electron chi connectivity index (χ1n) is 6.24. The van der Waals surface area contributed by atoms with Crippen molar-refractivity contribution in [3.05, 3.63) is 47.8 Å². The van der Waals surface area contributed by atoms with Gasteiger partial charge in [0.1, 0.15) is 0 Å². The molecule has 0 fully saturated rings. The van der Waals surface area contributed by atoms with E-state index in [9.17, 15) is 9.50 Å². The summed E-state index contributed by atoms with van der Waals surface area (Å²) in [4.78, 5) is 4.24. The van der Waals surface area contributed by atoms with Crippen molar-refractivity contribution >= 4 is 5.69 Å². The lowest BCUT2D eigenvalue weighted by atomic mass is 10.1. The third-order valence-electron chi connectivity index (χ3n) is 3.24. The zero-order valence-corrected chi connectivity index (χ0v) is 11.2. The molecule has 106 valence electrons. The summed E-state index contributed by atoms with van der Waals surface area (Å²) in [6, 6.07) is 9.30. The highest BCUT2D eigenvalue weighted by molar-refractivity contribution is 5.68. The average Bonchev–Trinajstić information content (AvgIpc) is 2.94. The van der Waals surface area contributed by atoms with Gasteiger partial charge in [-0.2, -0.15) is 4.98 Å². The van der Waals surface area contributed by atoms with Gasteiger partial charge >= 0.3 is 0 Å². The van der Waals surface area contributed by atoms with Crippen molar-refractivity contribution in [2.45, 2.75) is 6.92 Å². The van der Waals surface area contributed by atoms with E-state index in [0.717, 1.165) is 17.2 Å². The van der Waals surface area contributed by atoms with E-state index in [1.54, 1.807) is 12.1 Å². The first-order chi connectivity index (χ1) is 10.1. The third kappa shape index (κ3) is 2.31. The molecule has 0 radical (unpaired) electrons. The van der Waals surface area contributed by atoms with Crippen molar-refractivity contribution in [2.24, 2.45) is 0 Å². The van der Waals surface area contributed by atoms with Gasteiger partial charge in [-0.25, -0.2) is 4.39 Å². The molecule has 0 bridgehead atoms. The normalized spacial score (nSPS) is 10.8. The van der Waals surface area contributed by atoms with Crippen LogP contribution in [0.25, 0.3) is 22.8 Å². The number of aromatic hydroxyl groups is 1. The van der Waals surface area contributed by atoms with E-state index >= 15 is 0 Å². The summed E-state index contributed by atoms with van der Waals surface area (Å²) >= 11 is 0. The van der Waals surface area contributed by atoms with Crippen LogP contribution in [0.1, 0.15) is 5.56 Å². The number of phenols is 1. The Kier molecular flexibility index (Phi) is 3.06. The predicted octanol–water partition coefficient (Wildman–Crippen LogP) is 3.14. The summed E-state index contributed by atoms with van der Waals surface area (Å²) < 4.78 is 18.6.